The van der Waals surface area contributed by atoms with Gasteiger partial charge in [0, 0.05) is 17.7 Å². The highest BCUT2D eigenvalue weighted by atomic mass is 32.2. The molecule has 0 heterocycles. The Bertz CT molecular complexity index is 389. The second kappa shape index (κ2) is 11.7. The molecule has 1 rings (SSSR count). The summed E-state index contributed by atoms with van der Waals surface area (Å²) < 4.78 is 0. The van der Waals surface area contributed by atoms with Crippen molar-refractivity contribution in [1.82, 2.24) is 10.9 Å². The topological polar surface area (TPSA) is 104 Å². The smallest absolute Gasteiger partial charge is 0.268 e. The molecule has 0 aromatic rings. The van der Waals surface area contributed by atoms with Crippen LogP contribution >= 0.6 is 11.8 Å². The molecule has 1 aliphatic carbocycles. The van der Waals surface area contributed by atoms with Gasteiger partial charge in [0.05, 0.1) is 0 Å². The number of rotatable bonds is 9. The van der Waals surface area contributed by atoms with E-state index < -0.39 is 18.1 Å². The SMILES string of the molecule is CCSC(CC)C[C@@H](N)C(O)C(=O)NNC(=O)CC1CCCCC1. The van der Waals surface area contributed by atoms with Crippen LogP contribution in [0.15, 0.2) is 0 Å². The van der Waals surface area contributed by atoms with E-state index in [2.05, 4.69) is 24.7 Å². The first-order valence-corrected chi connectivity index (χ1v) is 10.2. The molecule has 2 unspecified atom stereocenters. The van der Waals surface area contributed by atoms with Crippen LogP contribution in [0.25, 0.3) is 0 Å². The minimum Gasteiger partial charge on any atom is -0.382 e. The van der Waals surface area contributed by atoms with E-state index in [1.807, 2.05) is 0 Å². The van der Waals surface area contributed by atoms with Crippen LogP contribution in [0.2, 0.25) is 0 Å². The fourth-order valence-corrected chi connectivity index (χ4v) is 4.19. The molecular weight excluding hydrogens is 326 g/mol. The first kappa shape index (κ1) is 21.3. The zero-order valence-corrected chi connectivity index (χ0v) is 15.7. The molecule has 5 N–H and O–H groups in total. The lowest BCUT2D eigenvalue weighted by Crippen LogP contribution is -2.52. The molecule has 7 heteroatoms. The summed E-state index contributed by atoms with van der Waals surface area (Å²) >= 11 is 1.78. The Morgan fingerprint density at radius 2 is 1.88 bits per heavy atom. The number of aliphatic hydroxyl groups is 1. The van der Waals surface area contributed by atoms with Crippen molar-refractivity contribution in [2.75, 3.05) is 5.75 Å². The Balaban J connectivity index is 2.30. The van der Waals surface area contributed by atoms with Crippen molar-refractivity contribution in [3.63, 3.8) is 0 Å². The van der Waals surface area contributed by atoms with Crippen LogP contribution in [0, 0.1) is 5.92 Å². The van der Waals surface area contributed by atoms with Gasteiger partial charge in [-0.25, -0.2) is 0 Å². The summed E-state index contributed by atoms with van der Waals surface area (Å²) in [5.74, 6) is 0.532. The van der Waals surface area contributed by atoms with Gasteiger partial charge < -0.3 is 10.8 Å². The first-order valence-electron chi connectivity index (χ1n) is 9.11. The van der Waals surface area contributed by atoms with E-state index in [1.165, 1.54) is 19.3 Å². The third-order valence-electron chi connectivity index (χ3n) is 4.59. The quantitative estimate of drug-likeness (QED) is 0.469. The van der Waals surface area contributed by atoms with Crippen LogP contribution in [-0.2, 0) is 9.59 Å². The maximum atomic E-state index is 11.9. The molecule has 24 heavy (non-hydrogen) atoms. The first-order chi connectivity index (χ1) is 11.5. The van der Waals surface area contributed by atoms with Crippen LogP contribution in [-0.4, -0.2) is 40.1 Å². The lowest BCUT2D eigenvalue weighted by atomic mass is 9.87. The van der Waals surface area contributed by atoms with Gasteiger partial charge in [0.25, 0.3) is 5.91 Å². The highest BCUT2D eigenvalue weighted by Gasteiger charge is 2.26. The summed E-state index contributed by atoms with van der Waals surface area (Å²) in [5, 5.41) is 10.4. The van der Waals surface area contributed by atoms with Gasteiger partial charge in [-0.15, -0.1) is 0 Å². The fraction of sp³-hybridized carbons (Fsp3) is 0.882. The molecule has 140 valence electrons. The Morgan fingerprint density at radius 1 is 1.21 bits per heavy atom. The summed E-state index contributed by atoms with van der Waals surface area (Å²) in [6.07, 6.45) is 6.36. The van der Waals surface area contributed by atoms with Crippen molar-refractivity contribution >= 4 is 23.6 Å². The van der Waals surface area contributed by atoms with Gasteiger partial charge in [0.1, 0.15) is 6.10 Å². The lowest BCUT2D eigenvalue weighted by Gasteiger charge is -2.23. The normalized spacial score (nSPS) is 19.3. The minimum atomic E-state index is -1.31. The molecule has 0 aromatic carbocycles. The molecule has 1 aliphatic rings. The van der Waals surface area contributed by atoms with Gasteiger partial charge in [0.15, 0.2) is 0 Å². The highest BCUT2D eigenvalue weighted by molar-refractivity contribution is 7.99. The molecule has 2 amide bonds. The number of nitrogens with two attached hydrogens (primary N) is 1. The number of nitrogens with one attached hydrogen (secondary N) is 2. The third kappa shape index (κ3) is 7.85. The zero-order chi connectivity index (χ0) is 17.9. The fourth-order valence-electron chi connectivity index (χ4n) is 3.12. The molecule has 0 aromatic heterocycles. The minimum absolute atomic E-state index is 0.205. The maximum Gasteiger partial charge on any atom is 0.268 e. The number of hydrazine groups is 1. The molecule has 1 fully saturated rings. The van der Waals surface area contributed by atoms with Gasteiger partial charge in [-0.3, -0.25) is 20.4 Å². The van der Waals surface area contributed by atoms with E-state index in [1.54, 1.807) is 11.8 Å². The molecule has 0 radical (unpaired) electrons. The van der Waals surface area contributed by atoms with E-state index in [0.29, 0.717) is 24.0 Å². The van der Waals surface area contributed by atoms with Crippen molar-refractivity contribution in [3.05, 3.63) is 0 Å². The van der Waals surface area contributed by atoms with Crippen LogP contribution in [0.1, 0.15) is 65.2 Å². The van der Waals surface area contributed by atoms with Gasteiger partial charge in [0.2, 0.25) is 5.91 Å². The predicted molar refractivity (Wildman–Crippen MR) is 98.3 cm³/mol. The molecule has 3 atom stereocenters. The van der Waals surface area contributed by atoms with Crippen molar-refractivity contribution in [1.29, 1.82) is 0 Å². The molecule has 0 bridgehead atoms. The average Bonchev–Trinajstić information content (AvgIpc) is 2.59. The number of carbonyl (C=O) groups excluding carboxylic acids is 2. The van der Waals surface area contributed by atoms with Crippen LogP contribution < -0.4 is 16.6 Å². The maximum absolute atomic E-state index is 11.9. The summed E-state index contributed by atoms with van der Waals surface area (Å²) in [6.45, 7) is 4.14. The van der Waals surface area contributed by atoms with E-state index in [-0.39, 0.29) is 5.91 Å². The summed E-state index contributed by atoms with van der Waals surface area (Å²) in [6, 6.07) is -0.635. The molecule has 6 nitrogen and oxygen atoms in total. The van der Waals surface area contributed by atoms with Gasteiger partial charge >= 0.3 is 0 Å². The van der Waals surface area contributed by atoms with Crippen molar-refractivity contribution in [3.8, 4) is 0 Å². The Kier molecular flexibility index (Phi) is 10.4. The van der Waals surface area contributed by atoms with E-state index in [0.717, 1.165) is 25.0 Å². The van der Waals surface area contributed by atoms with Gasteiger partial charge in [-0.2, -0.15) is 11.8 Å². The molecule has 1 saturated carbocycles. The number of aliphatic hydroxyl groups excluding tert-OH is 1. The Labute approximate surface area is 149 Å². The third-order valence-corrected chi connectivity index (χ3v) is 5.92. The van der Waals surface area contributed by atoms with Gasteiger partial charge in [-0.05, 0) is 37.4 Å². The van der Waals surface area contributed by atoms with Crippen molar-refractivity contribution < 1.29 is 14.7 Å². The standard InChI is InChI=1S/C17H33N3O3S/c1-3-13(24-4-2)11-14(18)16(22)17(23)20-19-15(21)10-12-8-6-5-7-9-12/h12-14,16,22H,3-11,18H2,1-2H3,(H,19,21)(H,20,23)/t13?,14-,16?/m1/s1. The Hall–Kier alpha value is -0.790. The number of carbonyl (C=O) groups is 2. The number of thioether (sulfide) groups is 1. The summed E-state index contributed by atoms with van der Waals surface area (Å²) in [7, 11) is 0. The summed E-state index contributed by atoms with van der Waals surface area (Å²) in [4.78, 5) is 23.8. The monoisotopic (exact) mass is 359 g/mol. The van der Waals surface area contributed by atoms with E-state index in [9.17, 15) is 14.7 Å². The van der Waals surface area contributed by atoms with E-state index in [4.69, 9.17) is 5.73 Å². The predicted octanol–water partition coefficient (Wildman–Crippen LogP) is 1.71. The van der Waals surface area contributed by atoms with Crippen LogP contribution in [0.4, 0.5) is 0 Å². The number of hydrogen-bond acceptors (Lipinski definition) is 5. The van der Waals surface area contributed by atoms with Crippen LogP contribution in [0.5, 0.6) is 0 Å². The number of amides is 2. The van der Waals surface area contributed by atoms with Crippen molar-refractivity contribution in [2.45, 2.75) is 82.6 Å². The molecule has 0 saturated heterocycles. The zero-order valence-electron chi connectivity index (χ0n) is 14.9. The molecular formula is C17H33N3O3S. The molecule has 0 aliphatic heterocycles. The second-order valence-corrected chi connectivity index (χ2v) is 8.15. The largest absolute Gasteiger partial charge is 0.382 e. The highest BCUT2D eigenvalue weighted by Crippen LogP contribution is 2.26. The number of hydrogen-bond donors (Lipinski definition) is 4. The van der Waals surface area contributed by atoms with Gasteiger partial charge in [-0.1, -0.05) is 33.1 Å². The molecule has 0 spiro atoms. The second-order valence-electron chi connectivity index (χ2n) is 6.58. The Morgan fingerprint density at radius 3 is 2.46 bits per heavy atom. The van der Waals surface area contributed by atoms with E-state index >= 15 is 0 Å². The summed E-state index contributed by atoms with van der Waals surface area (Å²) in [5.41, 5.74) is 10.6. The van der Waals surface area contributed by atoms with Crippen LogP contribution in [0.3, 0.4) is 0 Å². The van der Waals surface area contributed by atoms with Crippen molar-refractivity contribution in [2.24, 2.45) is 11.7 Å². The lowest BCUT2D eigenvalue weighted by molar-refractivity contribution is -0.135. The average molecular weight is 360 g/mol.